The van der Waals surface area contributed by atoms with E-state index in [1.165, 1.54) is 0 Å². The van der Waals surface area contributed by atoms with E-state index in [2.05, 4.69) is 17.0 Å². The lowest BCUT2D eigenvalue weighted by molar-refractivity contribution is 0.336. The average Bonchev–Trinajstić information content (AvgIpc) is 2.76. The van der Waals surface area contributed by atoms with Crippen LogP contribution in [0, 0.1) is 0 Å². The number of aromatic nitrogens is 3. The van der Waals surface area contributed by atoms with Crippen molar-refractivity contribution in [2.24, 2.45) is 0 Å². The number of pyridine rings is 1. The molecule has 2 heterocycles. The summed E-state index contributed by atoms with van der Waals surface area (Å²) < 4.78 is 7.41. The Bertz CT molecular complexity index is 563. The summed E-state index contributed by atoms with van der Waals surface area (Å²) in [6.45, 7) is 6.65. The Balaban J connectivity index is 2.58. The molecule has 2 N–H and O–H groups in total. The molecule has 0 aliphatic carbocycles. The number of hydrogen-bond acceptors (Lipinski definition) is 4. The van der Waals surface area contributed by atoms with Crippen LogP contribution in [0.25, 0.3) is 5.82 Å². The highest BCUT2D eigenvalue weighted by Gasteiger charge is 2.17. The fraction of sp³-hybridized carbons (Fsp3) is 0.429. The van der Waals surface area contributed by atoms with Crippen molar-refractivity contribution < 1.29 is 4.74 Å². The van der Waals surface area contributed by atoms with Gasteiger partial charge in [0.2, 0.25) is 0 Å². The predicted octanol–water partition coefficient (Wildman–Crippen LogP) is 2.37. The third kappa shape index (κ3) is 2.41. The second-order valence-corrected chi connectivity index (χ2v) is 4.18. The average molecular weight is 260 g/mol. The number of ether oxygens (including phenoxy) is 1. The lowest BCUT2D eigenvalue weighted by Gasteiger charge is -2.10. The van der Waals surface area contributed by atoms with Crippen molar-refractivity contribution in [1.82, 2.24) is 14.8 Å². The Morgan fingerprint density at radius 1 is 1.26 bits per heavy atom. The smallest absolute Gasteiger partial charge is 0.196 e. The van der Waals surface area contributed by atoms with Crippen LogP contribution in [0.5, 0.6) is 5.75 Å². The van der Waals surface area contributed by atoms with Gasteiger partial charge in [-0.1, -0.05) is 13.8 Å². The van der Waals surface area contributed by atoms with E-state index >= 15 is 0 Å². The van der Waals surface area contributed by atoms with Crippen LogP contribution in [0.4, 0.5) is 5.69 Å². The van der Waals surface area contributed by atoms with Crippen molar-refractivity contribution in [1.29, 1.82) is 0 Å². The molecule has 2 aromatic rings. The molecule has 0 spiro atoms. The molecule has 102 valence electrons. The van der Waals surface area contributed by atoms with Crippen LogP contribution in [0.1, 0.15) is 32.2 Å². The van der Waals surface area contributed by atoms with E-state index in [1.54, 1.807) is 10.9 Å². The SMILES string of the molecule is CCOc1cccnc1-n1nc(CC)c(N)c1CC. The molecule has 0 saturated carbocycles. The van der Waals surface area contributed by atoms with Gasteiger partial charge in [-0.2, -0.15) is 5.10 Å². The van der Waals surface area contributed by atoms with Gasteiger partial charge < -0.3 is 10.5 Å². The molecule has 5 heteroatoms. The topological polar surface area (TPSA) is 66.0 Å². The number of aryl methyl sites for hydroxylation is 1. The summed E-state index contributed by atoms with van der Waals surface area (Å²) >= 11 is 0. The van der Waals surface area contributed by atoms with Crippen molar-refractivity contribution in [3.63, 3.8) is 0 Å². The third-order valence-corrected chi connectivity index (χ3v) is 3.02. The second kappa shape index (κ2) is 5.73. The summed E-state index contributed by atoms with van der Waals surface area (Å²) in [7, 11) is 0. The molecule has 0 bridgehead atoms. The molecule has 0 aliphatic heterocycles. The lowest BCUT2D eigenvalue weighted by Crippen LogP contribution is -2.07. The van der Waals surface area contributed by atoms with E-state index < -0.39 is 0 Å². The van der Waals surface area contributed by atoms with Crippen molar-refractivity contribution in [3.8, 4) is 11.6 Å². The molecule has 0 atom stereocenters. The first kappa shape index (κ1) is 13.4. The van der Waals surface area contributed by atoms with Gasteiger partial charge in [0.05, 0.1) is 23.7 Å². The zero-order chi connectivity index (χ0) is 13.8. The highest BCUT2D eigenvalue weighted by Crippen LogP contribution is 2.26. The summed E-state index contributed by atoms with van der Waals surface area (Å²) in [6.07, 6.45) is 3.35. The quantitative estimate of drug-likeness (QED) is 0.896. The molecule has 0 unspecified atom stereocenters. The molecular weight excluding hydrogens is 240 g/mol. The molecular formula is C14H20N4O. The van der Waals surface area contributed by atoms with Gasteiger partial charge in [-0.05, 0) is 31.9 Å². The zero-order valence-electron chi connectivity index (χ0n) is 11.7. The summed E-state index contributed by atoms with van der Waals surface area (Å²) in [6, 6.07) is 3.75. The Hall–Kier alpha value is -2.04. The maximum Gasteiger partial charge on any atom is 0.196 e. The zero-order valence-corrected chi connectivity index (χ0v) is 11.7. The summed E-state index contributed by atoms with van der Waals surface area (Å²) in [5, 5.41) is 4.56. The van der Waals surface area contributed by atoms with Crippen LogP contribution in [0.2, 0.25) is 0 Å². The Kier molecular flexibility index (Phi) is 4.04. The van der Waals surface area contributed by atoms with Gasteiger partial charge in [-0.3, -0.25) is 0 Å². The number of rotatable bonds is 5. The molecule has 0 aliphatic rings. The number of anilines is 1. The second-order valence-electron chi connectivity index (χ2n) is 4.18. The van der Waals surface area contributed by atoms with Crippen molar-refractivity contribution >= 4 is 5.69 Å². The van der Waals surface area contributed by atoms with E-state index in [-0.39, 0.29) is 0 Å². The molecule has 2 rings (SSSR count). The first-order valence-electron chi connectivity index (χ1n) is 6.67. The maximum atomic E-state index is 6.13. The first-order chi connectivity index (χ1) is 9.22. The van der Waals surface area contributed by atoms with Gasteiger partial charge >= 0.3 is 0 Å². The number of nitrogens with zero attached hydrogens (tertiary/aromatic N) is 3. The molecule has 5 nitrogen and oxygen atoms in total. The highest BCUT2D eigenvalue weighted by molar-refractivity contribution is 5.53. The molecule has 0 radical (unpaired) electrons. The van der Waals surface area contributed by atoms with Gasteiger partial charge in [0.1, 0.15) is 0 Å². The van der Waals surface area contributed by atoms with Crippen molar-refractivity contribution in [2.45, 2.75) is 33.6 Å². The largest absolute Gasteiger partial charge is 0.490 e. The molecule has 0 aromatic carbocycles. The molecule has 19 heavy (non-hydrogen) atoms. The Labute approximate surface area is 113 Å². The maximum absolute atomic E-state index is 6.13. The predicted molar refractivity (Wildman–Crippen MR) is 75.7 cm³/mol. The highest BCUT2D eigenvalue weighted by atomic mass is 16.5. The Morgan fingerprint density at radius 2 is 2.05 bits per heavy atom. The summed E-state index contributed by atoms with van der Waals surface area (Å²) in [4.78, 5) is 4.38. The Morgan fingerprint density at radius 3 is 2.68 bits per heavy atom. The van der Waals surface area contributed by atoms with Crippen molar-refractivity contribution in [3.05, 3.63) is 29.7 Å². The number of hydrogen-bond donors (Lipinski definition) is 1. The van der Waals surface area contributed by atoms with Crippen molar-refractivity contribution in [2.75, 3.05) is 12.3 Å². The number of nitrogen functional groups attached to an aromatic ring is 1. The van der Waals surface area contributed by atoms with E-state index in [0.29, 0.717) is 12.4 Å². The van der Waals surface area contributed by atoms with E-state index in [9.17, 15) is 0 Å². The third-order valence-electron chi connectivity index (χ3n) is 3.02. The molecule has 0 fully saturated rings. The summed E-state index contributed by atoms with van der Waals surface area (Å²) in [5.41, 5.74) is 8.79. The van der Waals surface area contributed by atoms with Crippen LogP contribution in [0.15, 0.2) is 18.3 Å². The van der Waals surface area contributed by atoms with Crippen LogP contribution in [0.3, 0.4) is 0 Å². The van der Waals surface area contributed by atoms with Gasteiger partial charge in [0.25, 0.3) is 0 Å². The minimum Gasteiger partial charge on any atom is -0.490 e. The standard InChI is InChI=1S/C14H20N4O/c1-4-10-13(15)11(5-2)18(17-10)14-12(19-6-3)8-7-9-16-14/h7-9H,4-6,15H2,1-3H3. The van der Waals surface area contributed by atoms with Crippen LogP contribution >= 0.6 is 0 Å². The lowest BCUT2D eigenvalue weighted by atomic mass is 10.2. The van der Waals surface area contributed by atoms with Gasteiger partial charge in [-0.15, -0.1) is 0 Å². The van der Waals surface area contributed by atoms with E-state index in [4.69, 9.17) is 10.5 Å². The first-order valence-corrected chi connectivity index (χ1v) is 6.67. The van der Waals surface area contributed by atoms with Gasteiger partial charge in [-0.25, -0.2) is 9.67 Å². The number of nitrogens with two attached hydrogens (primary N) is 1. The minimum atomic E-state index is 0.595. The van der Waals surface area contributed by atoms with E-state index in [0.717, 1.165) is 35.7 Å². The van der Waals surface area contributed by atoms with Gasteiger partial charge in [0, 0.05) is 6.20 Å². The van der Waals surface area contributed by atoms with Crippen LogP contribution < -0.4 is 10.5 Å². The van der Waals surface area contributed by atoms with Gasteiger partial charge in [0.15, 0.2) is 11.6 Å². The fourth-order valence-corrected chi connectivity index (χ4v) is 2.10. The molecule has 2 aromatic heterocycles. The van der Waals surface area contributed by atoms with Crippen LogP contribution in [-0.4, -0.2) is 21.4 Å². The normalized spacial score (nSPS) is 10.7. The monoisotopic (exact) mass is 260 g/mol. The molecule has 0 amide bonds. The summed E-state index contributed by atoms with van der Waals surface area (Å²) in [5.74, 6) is 1.43. The van der Waals surface area contributed by atoms with E-state index in [1.807, 2.05) is 26.0 Å². The fourth-order valence-electron chi connectivity index (χ4n) is 2.10. The minimum absolute atomic E-state index is 0.595. The molecule has 0 saturated heterocycles. The van der Waals surface area contributed by atoms with Crippen LogP contribution in [-0.2, 0) is 12.8 Å².